The summed E-state index contributed by atoms with van der Waals surface area (Å²) in [6, 6.07) is 3.34. The molecule has 2 saturated heterocycles. The number of furan rings is 1. The lowest BCUT2D eigenvalue weighted by Gasteiger charge is -2.29. The fourth-order valence-electron chi connectivity index (χ4n) is 3.08. The van der Waals surface area contributed by atoms with E-state index in [1.54, 1.807) is 6.07 Å². The molecule has 3 N–H and O–H groups in total. The zero-order chi connectivity index (χ0) is 15.5. The second-order valence-electron chi connectivity index (χ2n) is 6.53. The second-order valence-corrected chi connectivity index (χ2v) is 6.53. The third-order valence-electron chi connectivity index (χ3n) is 4.64. The molecule has 0 bridgehead atoms. The first kappa shape index (κ1) is 15.5. The molecule has 0 aliphatic carbocycles. The van der Waals surface area contributed by atoms with Crippen LogP contribution >= 0.6 is 0 Å². The Morgan fingerprint density at radius 1 is 1.41 bits per heavy atom. The molecular weight excluding hydrogens is 282 g/mol. The molecule has 2 atom stereocenters. The third-order valence-corrected chi connectivity index (χ3v) is 4.64. The van der Waals surface area contributed by atoms with Crippen molar-refractivity contribution in [1.29, 1.82) is 0 Å². The first-order chi connectivity index (χ1) is 10.6. The summed E-state index contributed by atoms with van der Waals surface area (Å²) in [5.74, 6) is 1.69. The van der Waals surface area contributed by atoms with Crippen LogP contribution in [0.15, 0.2) is 16.5 Å². The number of nitrogens with zero attached hydrogens (tertiary/aromatic N) is 1. The number of hydrogen-bond donors (Lipinski definition) is 3. The minimum absolute atomic E-state index is 0.246. The van der Waals surface area contributed by atoms with E-state index in [4.69, 9.17) is 4.42 Å². The van der Waals surface area contributed by atoms with Crippen LogP contribution in [0.2, 0.25) is 0 Å². The van der Waals surface area contributed by atoms with Gasteiger partial charge in [-0.1, -0.05) is 6.92 Å². The molecule has 22 heavy (non-hydrogen) atoms. The van der Waals surface area contributed by atoms with E-state index in [2.05, 4.69) is 22.5 Å². The van der Waals surface area contributed by atoms with Crippen LogP contribution < -0.4 is 10.6 Å². The average Bonchev–Trinajstić information content (AvgIpc) is 3.12. The number of carbonyl (C=O) groups excluding carboxylic acids is 1. The molecule has 0 radical (unpaired) electrons. The van der Waals surface area contributed by atoms with Crippen molar-refractivity contribution in [2.45, 2.75) is 38.5 Å². The van der Waals surface area contributed by atoms with Crippen LogP contribution in [-0.4, -0.2) is 54.2 Å². The molecule has 2 fully saturated rings. The van der Waals surface area contributed by atoms with Gasteiger partial charge in [-0.2, -0.15) is 0 Å². The Morgan fingerprint density at radius 3 is 2.86 bits per heavy atom. The number of likely N-dealkylation sites (tertiary alicyclic amines) is 1. The highest BCUT2D eigenvalue weighted by Crippen LogP contribution is 2.19. The van der Waals surface area contributed by atoms with E-state index in [9.17, 15) is 9.90 Å². The van der Waals surface area contributed by atoms with Crippen LogP contribution in [0.1, 0.15) is 36.1 Å². The van der Waals surface area contributed by atoms with Gasteiger partial charge < -0.3 is 20.2 Å². The lowest BCUT2D eigenvalue weighted by molar-refractivity contribution is 0.0856. The number of piperidine rings is 1. The van der Waals surface area contributed by atoms with Gasteiger partial charge in [0, 0.05) is 13.1 Å². The molecule has 0 unspecified atom stereocenters. The molecule has 3 heterocycles. The van der Waals surface area contributed by atoms with Crippen LogP contribution in [0.5, 0.6) is 0 Å². The largest absolute Gasteiger partial charge is 0.455 e. The minimum atomic E-state index is -0.534. The highest BCUT2D eigenvalue weighted by molar-refractivity contribution is 5.91. The van der Waals surface area contributed by atoms with Gasteiger partial charge >= 0.3 is 0 Å². The van der Waals surface area contributed by atoms with Crippen molar-refractivity contribution < 1.29 is 14.3 Å². The summed E-state index contributed by atoms with van der Waals surface area (Å²) < 4.78 is 5.66. The maximum absolute atomic E-state index is 12.1. The summed E-state index contributed by atoms with van der Waals surface area (Å²) in [6.07, 6.45) is 1.91. The molecule has 1 aromatic rings. The third kappa shape index (κ3) is 3.69. The number of aliphatic hydroxyl groups excluding tert-OH is 1. The highest BCUT2D eigenvalue weighted by atomic mass is 16.4. The molecule has 1 amide bonds. The number of aliphatic hydroxyl groups is 1. The van der Waals surface area contributed by atoms with Gasteiger partial charge in [-0.05, 0) is 44.0 Å². The molecule has 1 aromatic heterocycles. The summed E-state index contributed by atoms with van der Waals surface area (Å²) in [7, 11) is 0. The number of hydrogen-bond acceptors (Lipinski definition) is 5. The SMILES string of the molecule is CC1CCN(Cc2ccc(C(=O)N[C@@H]3CNC[C@H]3O)o2)CC1. The van der Waals surface area contributed by atoms with Gasteiger partial charge in [0.25, 0.3) is 5.91 Å². The molecule has 2 aliphatic heterocycles. The van der Waals surface area contributed by atoms with Crippen molar-refractivity contribution in [3.05, 3.63) is 23.7 Å². The Labute approximate surface area is 130 Å². The molecule has 3 rings (SSSR count). The van der Waals surface area contributed by atoms with Crippen molar-refractivity contribution in [1.82, 2.24) is 15.5 Å². The van der Waals surface area contributed by atoms with Crippen molar-refractivity contribution in [2.75, 3.05) is 26.2 Å². The minimum Gasteiger partial charge on any atom is -0.455 e. The number of carbonyl (C=O) groups is 1. The highest BCUT2D eigenvalue weighted by Gasteiger charge is 2.27. The van der Waals surface area contributed by atoms with E-state index in [0.29, 0.717) is 18.8 Å². The number of rotatable bonds is 4. The van der Waals surface area contributed by atoms with E-state index in [0.717, 1.165) is 31.3 Å². The van der Waals surface area contributed by atoms with Crippen LogP contribution in [0.3, 0.4) is 0 Å². The average molecular weight is 307 g/mol. The molecule has 6 heteroatoms. The zero-order valence-corrected chi connectivity index (χ0v) is 13.0. The van der Waals surface area contributed by atoms with Crippen LogP contribution in [0, 0.1) is 5.92 Å². The van der Waals surface area contributed by atoms with Gasteiger partial charge in [-0.3, -0.25) is 9.69 Å². The summed E-state index contributed by atoms with van der Waals surface area (Å²) in [5, 5.41) is 15.6. The summed E-state index contributed by atoms with van der Waals surface area (Å²) in [5.41, 5.74) is 0. The van der Waals surface area contributed by atoms with Gasteiger partial charge in [-0.15, -0.1) is 0 Å². The van der Waals surface area contributed by atoms with E-state index in [1.807, 2.05) is 6.07 Å². The second kappa shape index (κ2) is 6.81. The maximum atomic E-state index is 12.1. The first-order valence-electron chi connectivity index (χ1n) is 8.12. The van der Waals surface area contributed by atoms with Crippen molar-refractivity contribution in [3.8, 4) is 0 Å². The van der Waals surface area contributed by atoms with Gasteiger partial charge in [0.2, 0.25) is 0 Å². The van der Waals surface area contributed by atoms with Crippen molar-refractivity contribution >= 4 is 5.91 Å². The standard InChI is InChI=1S/C16H25N3O3/c1-11-4-6-19(7-5-11)10-12-2-3-15(22-12)16(21)18-13-8-17-9-14(13)20/h2-3,11,13-14,17,20H,4-10H2,1H3,(H,18,21)/t13-,14-/m1/s1. The van der Waals surface area contributed by atoms with E-state index in [1.165, 1.54) is 12.8 Å². The quantitative estimate of drug-likeness (QED) is 0.758. The molecule has 2 aliphatic rings. The molecular formula is C16H25N3O3. The number of nitrogens with one attached hydrogen (secondary N) is 2. The summed E-state index contributed by atoms with van der Waals surface area (Å²) >= 11 is 0. The monoisotopic (exact) mass is 307 g/mol. The Hall–Kier alpha value is -1.37. The Balaban J connectivity index is 1.53. The molecule has 6 nitrogen and oxygen atoms in total. The Bertz CT molecular complexity index is 508. The van der Waals surface area contributed by atoms with Crippen LogP contribution in [0.4, 0.5) is 0 Å². The van der Waals surface area contributed by atoms with Crippen LogP contribution in [0.25, 0.3) is 0 Å². The first-order valence-corrected chi connectivity index (χ1v) is 8.12. The van der Waals surface area contributed by atoms with Gasteiger partial charge in [0.05, 0.1) is 18.7 Å². The zero-order valence-electron chi connectivity index (χ0n) is 13.0. The number of β-amino-alcohol motifs (C(OH)–C–C–N with tert-alkyl or cyclic N) is 1. The Kier molecular flexibility index (Phi) is 4.81. The fraction of sp³-hybridized carbons (Fsp3) is 0.688. The van der Waals surface area contributed by atoms with Gasteiger partial charge in [-0.25, -0.2) is 0 Å². The lowest BCUT2D eigenvalue weighted by Crippen LogP contribution is -2.42. The molecule has 0 aromatic carbocycles. The van der Waals surface area contributed by atoms with Gasteiger partial charge in [0.1, 0.15) is 5.76 Å². The smallest absolute Gasteiger partial charge is 0.287 e. The predicted molar refractivity (Wildman–Crippen MR) is 82.5 cm³/mol. The Morgan fingerprint density at radius 2 is 2.18 bits per heavy atom. The maximum Gasteiger partial charge on any atom is 0.287 e. The van der Waals surface area contributed by atoms with E-state index < -0.39 is 6.10 Å². The predicted octanol–water partition coefficient (Wildman–Crippen LogP) is 0.574. The van der Waals surface area contributed by atoms with E-state index >= 15 is 0 Å². The topological polar surface area (TPSA) is 77.7 Å². The fourth-order valence-corrected chi connectivity index (χ4v) is 3.08. The van der Waals surface area contributed by atoms with Crippen molar-refractivity contribution in [2.24, 2.45) is 5.92 Å². The molecule has 0 saturated carbocycles. The number of amides is 1. The molecule has 0 spiro atoms. The molecule has 122 valence electrons. The normalized spacial score (nSPS) is 27.2. The summed E-state index contributed by atoms with van der Waals surface area (Å²) in [4.78, 5) is 14.5. The van der Waals surface area contributed by atoms with Gasteiger partial charge in [0.15, 0.2) is 5.76 Å². The van der Waals surface area contributed by atoms with Crippen molar-refractivity contribution in [3.63, 3.8) is 0 Å². The van der Waals surface area contributed by atoms with Crippen LogP contribution in [-0.2, 0) is 6.54 Å². The van der Waals surface area contributed by atoms with E-state index in [-0.39, 0.29) is 11.9 Å². The summed E-state index contributed by atoms with van der Waals surface area (Å²) in [6.45, 7) is 6.33. The lowest BCUT2D eigenvalue weighted by atomic mass is 9.99.